The molecule has 1 aromatic heterocycles. The quantitative estimate of drug-likeness (QED) is 0.510. The van der Waals surface area contributed by atoms with Crippen LogP contribution in [-0.2, 0) is 11.2 Å². The largest absolute Gasteiger partial charge is 0.379 e. The van der Waals surface area contributed by atoms with Crippen LogP contribution in [0.4, 0.5) is 11.6 Å². The van der Waals surface area contributed by atoms with Crippen molar-refractivity contribution in [3.05, 3.63) is 11.9 Å². The molecular weight excluding hydrogens is 206 g/mol. The number of nitrogen functional groups attached to an aromatic ring is 1. The third-order valence-electron chi connectivity index (χ3n) is 2.71. The number of nitrogens with one attached hydrogen (secondary N) is 2. The molecule has 1 unspecified atom stereocenters. The summed E-state index contributed by atoms with van der Waals surface area (Å²) >= 11 is 0. The Kier molecular flexibility index (Phi) is 3.53. The average molecular weight is 223 g/mol. The number of nitrogens with two attached hydrogens (primary N) is 1. The van der Waals surface area contributed by atoms with Gasteiger partial charge in [-0.3, -0.25) is 0 Å². The molecule has 0 saturated carbocycles. The first-order valence-electron chi connectivity index (χ1n) is 5.50. The Morgan fingerprint density at radius 3 is 2.94 bits per heavy atom. The van der Waals surface area contributed by atoms with Gasteiger partial charge in [0.1, 0.15) is 18.0 Å². The lowest BCUT2D eigenvalue weighted by Crippen LogP contribution is -2.22. The van der Waals surface area contributed by atoms with Gasteiger partial charge in [-0.2, -0.15) is 0 Å². The van der Waals surface area contributed by atoms with Crippen molar-refractivity contribution >= 4 is 11.6 Å². The van der Waals surface area contributed by atoms with Gasteiger partial charge in [0.2, 0.25) is 0 Å². The zero-order valence-electron chi connectivity index (χ0n) is 9.36. The van der Waals surface area contributed by atoms with Crippen molar-refractivity contribution in [1.29, 1.82) is 0 Å². The number of hydrogen-bond acceptors (Lipinski definition) is 6. The van der Waals surface area contributed by atoms with Gasteiger partial charge >= 0.3 is 0 Å². The monoisotopic (exact) mass is 223 g/mol. The lowest BCUT2D eigenvalue weighted by molar-refractivity contribution is 0.195. The molecule has 2 rings (SSSR count). The zero-order chi connectivity index (χ0) is 11.4. The second-order valence-electron chi connectivity index (χ2n) is 3.75. The van der Waals surface area contributed by atoms with Crippen LogP contribution in [0.3, 0.4) is 0 Å². The van der Waals surface area contributed by atoms with Crippen molar-refractivity contribution in [3.8, 4) is 0 Å². The van der Waals surface area contributed by atoms with E-state index in [9.17, 15) is 0 Å². The van der Waals surface area contributed by atoms with E-state index in [1.54, 1.807) is 0 Å². The molecule has 0 aliphatic carbocycles. The van der Waals surface area contributed by atoms with Crippen LogP contribution in [0.15, 0.2) is 6.33 Å². The molecule has 0 amide bonds. The molecule has 1 aliphatic heterocycles. The van der Waals surface area contributed by atoms with Crippen LogP contribution in [0.2, 0.25) is 0 Å². The summed E-state index contributed by atoms with van der Waals surface area (Å²) in [5.41, 5.74) is 3.60. The number of ether oxygens (including phenoxy) is 1. The first kappa shape index (κ1) is 11.1. The molecular formula is C10H17N5O. The topological polar surface area (TPSA) is 85.1 Å². The van der Waals surface area contributed by atoms with Gasteiger partial charge < -0.3 is 15.5 Å². The Balaban J connectivity index is 2.18. The molecule has 2 heterocycles. The fourth-order valence-corrected chi connectivity index (χ4v) is 1.84. The number of hydrazine groups is 1. The van der Waals surface area contributed by atoms with Gasteiger partial charge in [-0.15, -0.1) is 0 Å². The van der Waals surface area contributed by atoms with Crippen LogP contribution in [0.5, 0.6) is 0 Å². The van der Waals surface area contributed by atoms with E-state index >= 15 is 0 Å². The van der Waals surface area contributed by atoms with E-state index in [-0.39, 0.29) is 0 Å². The average Bonchev–Trinajstić information content (AvgIpc) is 2.81. The van der Waals surface area contributed by atoms with Crippen molar-refractivity contribution in [2.45, 2.75) is 25.8 Å². The van der Waals surface area contributed by atoms with Gasteiger partial charge in [0, 0.05) is 12.2 Å². The molecule has 6 heteroatoms. The molecule has 1 aliphatic rings. The van der Waals surface area contributed by atoms with E-state index < -0.39 is 0 Å². The molecule has 0 radical (unpaired) electrons. The number of aromatic nitrogens is 2. The molecule has 4 N–H and O–H groups in total. The molecule has 0 bridgehead atoms. The summed E-state index contributed by atoms with van der Waals surface area (Å²) < 4.78 is 5.31. The molecule has 1 fully saturated rings. The van der Waals surface area contributed by atoms with Gasteiger partial charge in [-0.25, -0.2) is 15.8 Å². The van der Waals surface area contributed by atoms with Crippen molar-refractivity contribution in [1.82, 2.24) is 9.97 Å². The highest BCUT2D eigenvalue weighted by atomic mass is 16.5. The SMILES string of the molecule is CCc1c(NN)ncnc1NC1CCOC1. The van der Waals surface area contributed by atoms with E-state index in [1.807, 2.05) is 0 Å². The van der Waals surface area contributed by atoms with Crippen LogP contribution >= 0.6 is 0 Å². The Morgan fingerprint density at radius 1 is 1.50 bits per heavy atom. The highest BCUT2D eigenvalue weighted by molar-refractivity contribution is 5.57. The number of anilines is 2. The summed E-state index contributed by atoms with van der Waals surface area (Å²) in [5, 5.41) is 3.36. The van der Waals surface area contributed by atoms with Crippen LogP contribution in [-0.4, -0.2) is 29.2 Å². The molecule has 1 atom stereocenters. The maximum absolute atomic E-state index is 5.41. The van der Waals surface area contributed by atoms with E-state index in [1.165, 1.54) is 6.33 Å². The van der Waals surface area contributed by atoms with Crippen molar-refractivity contribution < 1.29 is 4.74 Å². The fourth-order valence-electron chi connectivity index (χ4n) is 1.84. The lowest BCUT2D eigenvalue weighted by Gasteiger charge is -2.15. The third kappa shape index (κ3) is 2.23. The Morgan fingerprint density at radius 2 is 2.31 bits per heavy atom. The lowest BCUT2D eigenvalue weighted by atomic mass is 10.2. The Hall–Kier alpha value is -1.40. The highest BCUT2D eigenvalue weighted by Crippen LogP contribution is 2.21. The van der Waals surface area contributed by atoms with E-state index in [0.717, 1.165) is 37.4 Å². The van der Waals surface area contributed by atoms with Crippen molar-refractivity contribution in [3.63, 3.8) is 0 Å². The maximum atomic E-state index is 5.41. The molecule has 88 valence electrons. The minimum atomic E-state index is 0.339. The summed E-state index contributed by atoms with van der Waals surface area (Å²) in [6.45, 7) is 3.60. The first-order chi connectivity index (χ1) is 7.85. The van der Waals surface area contributed by atoms with E-state index in [4.69, 9.17) is 10.6 Å². The molecule has 0 spiro atoms. The van der Waals surface area contributed by atoms with Crippen LogP contribution in [0, 0.1) is 0 Å². The predicted octanol–water partition coefficient (Wildman–Crippen LogP) is 0.525. The Bertz CT molecular complexity index is 351. The summed E-state index contributed by atoms with van der Waals surface area (Å²) in [6, 6.07) is 0.339. The van der Waals surface area contributed by atoms with Crippen LogP contribution in [0.25, 0.3) is 0 Å². The molecule has 1 saturated heterocycles. The first-order valence-corrected chi connectivity index (χ1v) is 5.50. The van der Waals surface area contributed by atoms with Gasteiger partial charge in [-0.05, 0) is 12.8 Å². The molecule has 0 aromatic carbocycles. The summed E-state index contributed by atoms with van der Waals surface area (Å²) in [6.07, 6.45) is 3.35. The number of rotatable bonds is 4. The highest BCUT2D eigenvalue weighted by Gasteiger charge is 2.18. The van der Waals surface area contributed by atoms with E-state index in [2.05, 4.69) is 27.6 Å². The predicted molar refractivity (Wildman–Crippen MR) is 62.1 cm³/mol. The smallest absolute Gasteiger partial charge is 0.148 e. The van der Waals surface area contributed by atoms with Crippen molar-refractivity contribution in [2.75, 3.05) is 24.0 Å². The molecule has 6 nitrogen and oxygen atoms in total. The van der Waals surface area contributed by atoms with Gasteiger partial charge in [0.05, 0.1) is 12.6 Å². The summed E-state index contributed by atoms with van der Waals surface area (Å²) in [4.78, 5) is 8.33. The maximum Gasteiger partial charge on any atom is 0.148 e. The molecule has 1 aromatic rings. The van der Waals surface area contributed by atoms with Crippen LogP contribution in [0.1, 0.15) is 18.9 Å². The van der Waals surface area contributed by atoms with Crippen molar-refractivity contribution in [2.24, 2.45) is 5.84 Å². The van der Waals surface area contributed by atoms with Crippen LogP contribution < -0.4 is 16.6 Å². The standard InChI is InChI=1S/C10H17N5O/c1-2-8-9(12-6-13-10(8)15-11)14-7-3-4-16-5-7/h6-7H,2-5,11H2,1H3,(H2,12,13,14,15). The van der Waals surface area contributed by atoms with Gasteiger partial charge in [-0.1, -0.05) is 6.92 Å². The summed E-state index contributed by atoms with van der Waals surface area (Å²) in [5.74, 6) is 6.94. The number of hydrogen-bond donors (Lipinski definition) is 3. The fraction of sp³-hybridized carbons (Fsp3) is 0.600. The van der Waals surface area contributed by atoms with Gasteiger partial charge in [0.25, 0.3) is 0 Å². The summed E-state index contributed by atoms with van der Waals surface area (Å²) in [7, 11) is 0. The van der Waals surface area contributed by atoms with Gasteiger partial charge in [0.15, 0.2) is 0 Å². The second-order valence-corrected chi connectivity index (χ2v) is 3.75. The minimum Gasteiger partial charge on any atom is -0.379 e. The normalized spacial score (nSPS) is 19.8. The van der Waals surface area contributed by atoms with E-state index in [0.29, 0.717) is 11.9 Å². The third-order valence-corrected chi connectivity index (χ3v) is 2.71. The molecule has 16 heavy (non-hydrogen) atoms. The number of nitrogens with zero attached hydrogens (tertiary/aromatic N) is 2. The Labute approximate surface area is 94.6 Å². The second kappa shape index (κ2) is 5.09. The minimum absolute atomic E-state index is 0.339. The zero-order valence-corrected chi connectivity index (χ0v) is 9.36.